The van der Waals surface area contributed by atoms with Gasteiger partial charge in [-0.15, -0.1) is 0 Å². The van der Waals surface area contributed by atoms with Crippen LogP contribution in [0.4, 0.5) is 0 Å². The Morgan fingerprint density at radius 3 is 2.19 bits per heavy atom. The first kappa shape index (κ1) is 20.7. The summed E-state index contributed by atoms with van der Waals surface area (Å²) >= 11 is 0. The summed E-state index contributed by atoms with van der Waals surface area (Å²) in [6.07, 6.45) is 1.28. The predicted octanol–water partition coefficient (Wildman–Crippen LogP) is 1.43. The average molecular weight is 375 g/mol. The number of ether oxygens (including phenoxy) is 1. The standard InChI is InChI=1S/C20H29N3O4/c1-13(2)17(22-19(25)14-5-7-16(27-4)8-6-14)20(26)23-11-9-15(10-12-23)18(24)21-3/h5-8,13,15,17H,9-12H2,1-4H3,(H,21,24)(H,22,25). The molecule has 0 bridgehead atoms. The van der Waals surface area contributed by atoms with E-state index in [1.54, 1.807) is 43.3 Å². The number of nitrogens with zero attached hydrogens (tertiary/aromatic N) is 1. The molecule has 2 N–H and O–H groups in total. The number of carbonyl (C=O) groups is 3. The Hall–Kier alpha value is -2.57. The molecule has 1 atom stereocenters. The SMILES string of the molecule is CNC(=O)C1CCN(C(=O)C(NC(=O)c2ccc(OC)cc2)C(C)C)CC1. The van der Waals surface area contributed by atoms with Crippen molar-refractivity contribution in [3.05, 3.63) is 29.8 Å². The lowest BCUT2D eigenvalue weighted by atomic mass is 9.94. The third-order valence-electron chi connectivity index (χ3n) is 5.00. The van der Waals surface area contributed by atoms with E-state index in [0.29, 0.717) is 37.2 Å². The number of hydrogen-bond donors (Lipinski definition) is 2. The van der Waals surface area contributed by atoms with Gasteiger partial charge in [-0.25, -0.2) is 0 Å². The Bertz CT molecular complexity index is 664. The van der Waals surface area contributed by atoms with Crippen molar-refractivity contribution in [3.63, 3.8) is 0 Å². The molecule has 7 nitrogen and oxygen atoms in total. The van der Waals surface area contributed by atoms with Crippen molar-refractivity contribution in [2.24, 2.45) is 11.8 Å². The molecule has 2 rings (SSSR count). The largest absolute Gasteiger partial charge is 0.497 e. The summed E-state index contributed by atoms with van der Waals surface area (Å²) in [5, 5.41) is 5.53. The van der Waals surface area contributed by atoms with Crippen molar-refractivity contribution < 1.29 is 19.1 Å². The summed E-state index contributed by atoms with van der Waals surface area (Å²) in [5.41, 5.74) is 0.479. The number of likely N-dealkylation sites (tertiary alicyclic amines) is 1. The quantitative estimate of drug-likeness (QED) is 0.787. The number of carbonyl (C=O) groups excluding carboxylic acids is 3. The minimum atomic E-state index is -0.601. The highest BCUT2D eigenvalue weighted by atomic mass is 16.5. The summed E-state index contributed by atoms with van der Waals surface area (Å²) in [6, 6.07) is 6.17. The van der Waals surface area contributed by atoms with Crippen LogP contribution in [0.1, 0.15) is 37.0 Å². The van der Waals surface area contributed by atoms with Crippen molar-refractivity contribution in [3.8, 4) is 5.75 Å². The minimum absolute atomic E-state index is 0.0234. The number of hydrogen-bond acceptors (Lipinski definition) is 4. The summed E-state index contributed by atoms with van der Waals surface area (Å²) in [7, 11) is 3.19. The number of amides is 3. The number of rotatable bonds is 6. The van der Waals surface area contributed by atoms with Crippen LogP contribution < -0.4 is 15.4 Å². The van der Waals surface area contributed by atoms with Crippen molar-refractivity contribution >= 4 is 17.7 Å². The Labute approximate surface area is 160 Å². The number of piperidine rings is 1. The first-order valence-electron chi connectivity index (χ1n) is 9.32. The number of methoxy groups -OCH3 is 1. The van der Waals surface area contributed by atoms with Crippen LogP contribution in [0.5, 0.6) is 5.75 Å². The lowest BCUT2D eigenvalue weighted by Gasteiger charge is -2.34. The maximum Gasteiger partial charge on any atom is 0.251 e. The molecule has 0 spiro atoms. The van der Waals surface area contributed by atoms with Gasteiger partial charge in [0.1, 0.15) is 11.8 Å². The Balaban J connectivity index is 2.00. The second-order valence-electron chi connectivity index (χ2n) is 7.14. The fourth-order valence-corrected chi connectivity index (χ4v) is 3.24. The first-order chi connectivity index (χ1) is 12.9. The van der Waals surface area contributed by atoms with E-state index < -0.39 is 6.04 Å². The second-order valence-corrected chi connectivity index (χ2v) is 7.14. The van der Waals surface area contributed by atoms with Gasteiger partial charge in [0.2, 0.25) is 11.8 Å². The highest BCUT2D eigenvalue weighted by Gasteiger charge is 2.32. The maximum atomic E-state index is 12.9. The summed E-state index contributed by atoms with van der Waals surface area (Å²) in [6.45, 7) is 4.87. The highest BCUT2D eigenvalue weighted by molar-refractivity contribution is 5.97. The zero-order valence-electron chi connectivity index (χ0n) is 16.5. The van der Waals surface area contributed by atoms with Crippen LogP contribution in [0, 0.1) is 11.8 Å². The lowest BCUT2D eigenvalue weighted by molar-refractivity contribution is -0.138. The summed E-state index contributed by atoms with van der Waals surface area (Å²) in [5.74, 6) is 0.214. The van der Waals surface area contributed by atoms with Crippen LogP contribution in [0.25, 0.3) is 0 Å². The topological polar surface area (TPSA) is 87.7 Å². The Kier molecular flexibility index (Phi) is 7.21. The van der Waals surface area contributed by atoms with Crippen LogP contribution in [-0.4, -0.2) is 55.9 Å². The molecule has 0 saturated carbocycles. The predicted molar refractivity (Wildman–Crippen MR) is 102 cm³/mol. The third kappa shape index (κ3) is 5.21. The van der Waals surface area contributed by atoms with Gasteiger partial charge < -0.3 is 20.3 Å². The monoisotopic (exact) mass is 375 g/mol. The van der Waals surface area contributed by atoms with Crippen LogP contribution in [0.2, 0.25) is 0 Å². The first-order valence-corrected chi connectivity index (χ1v) is 9.32. The van der Waals surface area contributed by atoms with Crippen LogP contribution in [0.3, 0.4) is 0 Å². The van der Waals surface area contributed by atoms with Gasteiger partial charge in [0, 0.05) is 31.6 Å². The van der Waals surface area contributed by atoms with Gasteiger partial charge in [0.25, 0.3) is 5.91 Å². The van der Waals surface area contributed by atoms with E-state index in [1.807, 2.05) is 13.8 Å². The Morgan fingerprint density at radius 1 is 1.11 bits per heavy atom. The molecular formula is C20H29N3O4. The molecule has 0 aromatic heterocycles. The zero-order chi connectivity index (χ0) is 20.0. The zero-order valence-corrected chi connectivity index (χ0v) is 16.5. The molecule has 148 valence electrons. The van der Waals surface area contributed by atoms with Crippen LogP contribution >= 0.6 is 0 Å². The summed E-state index contributed by atoms with van der Waals surface area (Å²) in [4.78, 5) is 39.0. The van der Waals surface area contributed by atoms with E-state index in [2.05, 4.69) is 10.6 Å². The van der Waals surface area contributed by atoms with Gasteiger partial charge in [-0.3, -0.25) is 14.4 Å². The minimum Gasteiger partial charge on any atom is -0.497 e. The van der Waals surface area contributed by atoms with E-state index in [9.17, 15) is 14.4 Å². The van der Waals surface area contributed by atoms with E-state index in [-0.39, 0.29) is 29.6 Å². The molecule has 1 unspecified atom stereocenters. The molecule has 7 heteroatoms. The average Bonchev–Trinajstić information content (AvgIpc) is 2.70. The molecule has 1 heterocycles. The van der Waals surface area contributed by atoms with E-state index in [1.165, 1.54) is 0 Å². The molecule has 3 amide bonds. The summed E-state index contributed by atoms with van der Waals surface area (Å²) < 4.78 is 5.10. The molecule has 1 aromatic carbocycles. The van der Waals surface area contributed by atoms with Gasteiger partial charge in [-0.05, 0) is 43.0 Å². The second kappa shape index (κ2) is 9.39. The molecule has 0 aliphatic carbocycles. The highest BCUT2D eigenvalue weighted by Crippen LogP contribution is 2.19. The van der Waals surface area contributed by atoms with E-state index >= 15 is 0 Å². The van der Waals surface area contributed by atoms with Crippen molar-refractivity contribution in [2.45, 2.75) is 32.7 Å². The lowest BCUT2D eigenvalue weighted by Crippen LogP contribution is -2.53. The molecule has 27 heavy (non-hydrogen) atoms. The van der Waals surface area contributed by atoms with E-state index in [0.717, 1.165) is 0 Å². The number of benzene rings is 1. The van der Waals surface area contributed by atoms with Gasteiger partial charge >= 0.3 is 0 Å². The van der Waals surface area contributed by atoms with Gasteiger partial charge in [0.15, 0.2) is 0 Å². The molecular weight excluding hydrogens is 346 g/mol. The molecule has 1 aliphatic rings. The van der Waals surface area contributed by atoms with Crippen molar-refractivity contribution in [1.82, 2.24) is 15.5 Å². The molecule has 1 fully saturated rings. The van der Waals surface area contributed by atoms with Crippen molar-refractivity contribution in [2.75, 3.05) is 27.2 Å². The maximum absolute atomic E-state index is 12.9. The fraction of sp³-hybridized carbons (Fsp3) is 0.550. The van der Waals surface area contributed by atoms with Gasteiger partial charge in [-0.1, -0.05) is 13.8 Å². The number of nitrogens with one attached hydrogen (secondary N) is 2. The van der Waals surface area contributed by atoms with E-state index in [4.69, 9.17) is 4.74 Å². The molecule has 0 radical (unpaired) electrons. The van der Waals surface area contributed by atoms with Crippen molar-refractivity contribution in [1.29, 1.82) is 0 Å². The molecule has 1 saturated heterocycles. The van der Waals surface area contributed by atoms with Crippen LogP contribution in [-0.2, 0) is 9.59 Å². The normalized spacial score (nSPS) is 16.0. The van der Waals surface area contributed by atoms with Gasteiger partial charge in [0.05, 0.1) is 7.11 Å². The third-order valence-corrected chi connectivity index (χ3v) is 5.00. The molecule has 1 aromatic rings. The molecule has 1 aliphatic heterocycles. The smallest absolute Gasteiger partial charge is 0.251 e. The Morgan fingerprint density at radius 2 is 1.70 bits per heavy atom. The van der Waals surface area contributed by atoms with Gasteiger partial charge in [-0.2, -0.15) is 0 Å². The fourth-order valence-electron chi connectivity index (χ4n) is 3.24. The van der Waals surface area contributed by atoms with Crippen LogP contribution in [0.15, 0.2) is 24.3 Å².